The van der Waals surface area contributed by atoms with Crippen LogP contribution in [0.5, 0.6) is 0 Å². The van der Waals surface area contributed by atoms with Gasteiger partial charge >= 0.3 is 0 Å². The molecule has 0 bridgehead atoms. The average Bonchev–Trinajstić information content (AvgIpc) is 2.38. The molecule has 0 radical (unpaired) electrons. The molecule has 0 heterocycles. The molecule has 1 rings (SSSR count). The van der Waals surface area contributed by atoms with Gasteiger partial charge in [-0.1, -0.05) is 42.8 Å². The van der Waals surface area contributed by atoms with Gasteiger partial charge in [0.1, 0.15) is 0 Å². The lowest BCUT2D eigenvalue weighted by Crippen LogP contribution is -2.25. The van der Waals surface area contributed by atoms with E-state index in [4.69, 9.17) is 0 Å². The van der Waals surface area contributed by atoms with Crippen LogP contribution in [0.4, 0.5) is 5.69 Å². The Hall–Kier alpha value is -0.540. The normalized spacial score (nSPS) is 12.5. The van der Waals surface area contributed by atoms with Crippen LogP contribution in [0, 0.1) is 0 Å². The molecule has 0 aromatic heterocycles. The summed E-state index contributed by atoms with van der Waals surface area (Å²) >= 11 is 3.72. The molecular weight excluding hydrogens is 300 g/mol. The van der Waals surface area contributed by atoms with Gasteiger partial charge in [0.2, 0.25) is 0 Å². The summed E-state index contributed by atoms with van der Waals surface area (Å²) in [6.45, 7) is 12.1. The van der Waals surface area contributed by atoms with Gasteiger partial charge in [0.15, 0.2) is 0 Å². The van der Waals surface area contributed by atoms with Gasteiger partial charge in [-0.3, -0.25) is 0 Å². The fraction of sp³-hybridized carbons (Fsp3) is 0.625. The summed E-state index contributed by atoms with van der Waals surface area (Å²) in [4.78, 5) is 2.46. The van der Waals surface area contributed by atoms with Crippen molar-refractivity contribution in [3.8, 4) is 0 Å². The number of anilines is 1. The zero-order valence-corrected chi connectivity index (χ0v) is 14.3. The summed E-state index contributed by atoms with van der Waals surface area (Å²) in [5, 5.41) is 3.46. The Kier molecular flexibility index (Phi) is 7.47. The van der Waals surface area contributed by atoms with Gasteiger partial charge in [-0.15, -0.1) is 0 Å². The molecule has 0 spiro atoms. The molecule has 1 atom stereocenters. The minimum Gasteiger partial charge on any atom is -0.372 e. The van der Waals surface area contributed by atoms with E-state index in [1.54, 1.807) is 0 Å². The van der Waals surface area contributed by atoms with E-state index in [0.717, 1.165) is 19.6 Å². The molecule has 3 heteroatoms. The van der Waals surface area contributed by atoms with Gasteiger partial charge < -0.3 is 10.2 Å². The largest absolute Gasteiger partial charge is 0.372 e. The van der Waals surface area contributed by atoms with Gasteiger partial charge in [0.25, 0.3) is 0 Å². The Morgan fingerprint density at radius 3 is 2.26 bits per heavy atom. The van der Waals surface area contributed by atoms with E-state index in [1.165, 1.54) is 28.6 Å². The molecule has 1 aromatic rings. The van der Waals surface area contributed by atoms with Gasteiger partial charge in [-0.25, -0.2) is 0 Å². The second-order valence-electron chi connectivity index (χ2n) is 4.97. The summed E-state index contributed by atoms with van der Waals surface area (Å²) in [6, 6.07) is 7.14. The second-order valence-corrected chi connectivity index (χ2v) is 5.83. The van der Waals surface area contributed by atoms with Crippen LogP contribution in [0.1, 0.15) is 52.1 Å². The van der Waals surface area contributed by atoms with Crippen molar-refractivity contribution in [3.63, 3.8) is 0 Å². The Bertz CT molecular complexity index is 373. The highest BCUT2D eigenvalue weighted by Crippen LogP contribution is 2.28. The maximum atomic E-state index is 3.72. The quantitative estimate of drug-likeness (QED) is 0.741. The lowest BCUT2D eigenvalue weighted by atomic mass is 10.1. The van der Waals surface area contributed by atoms with Crippen molar-refractivity contribution in [1.82, 2.24) is 5.32 Å². The van der Waals surface area contributed by atoms with Gasteiger partial charge in [-0.05, 0) is 44.0 Å². The van der Waals surface area contributed by atoms with Crippen molar-refractivity contribution in [2.75, 3.05) is 24.5 Å². The maximum absolute atomic E-state index is 3.72. The van der Waals surface area contributed by atoms with Gasteiger partial charge in [0, 0.05) is 29.3 Å². The first kappa shape index (κ1) is 16.5. The van der Waals surface area contributed by atoms with Crippen LogP contribution in [-0.2, 0) is 0 Å². The predicted molar refractivity (Wildman–Crippen MR) is 89.0 cm³/mol. The highest BCUT2D eigenvalue weighted by atomic mass is 79.9. The summed E-state index contributed by atoms with van der Waals surface area (Å²) in [7, 11) is 0. The number of halogens is 1. The minimum atomic E-state index is 0.388. The molecule has 2 nitrogen and oxygen atoms in total. The molecule has 0 aliphatic carbocycles. The highest BCUT2D eigenvalue weighted by Gasteiger charge is 2.11. The van der Waals surface area contributed by atoms with Crippen LogP contribution in [0.25, 0.3) is 0 Å². The summed E-state index contributed by atoms with van der Waals surface area (Å²) in [5.74, 6) is 0. The molecule has 0 saturated heterocycles. The molecule has 108 valence electrons. The van der Waals surface area contributed by atoms with E-state index in [9.17, 15) is 0 Å². The van der Waals surface area contributed by atoms with Crippen LogP contribution in [0.15, 0.2) is 22.7 Å². The molecule has 1 N–H and O–H groups in total. The third kappa shape index (κ3) is 4.81. The van der Waals surface area contributed by atoms with Crippen LogP contribution < -0.4 is 10.2 Å². The highest BCUT2D eigenvalue weighted by molar-refractivity contribution is 9.10. The molecule has 0 aliphatic heterocycles. The maximum Gasteiger partial charge on any atom is 0.0377 e. The number of hydrogen-bond acceptors (Lipinski definition) is 2. The Balaban J connectivity index is 2.90. The Morgan fingerprint density at radius 2 is 1.79 bits per heavy atom. The smallest absolute Gasteiger partial charge is 0.0377 e. The monoisotopic (exact) mass is 326 g/mol. The molecule has 1 aromatic carbocycles. The van der Waals surface area contributed by atoms with Crippen molar-refractivity contribution in [1.29, 1.82) is 0 Å². The molecule has 0 fully saturated rings. The molecule has 19 heavy (non-hydrogen) atoms. The summed E-state index contributed by atoms with van der Waals surface area (Å²) in [6.07, 6.45) is 2.38. The minimum absolute atomic E-state index is 0.388. The van der Waals surface area contributed by atoms with Gasteiger partial charge in [0.05, 0.1) is 0 Å². The van der Waals surface area contributed by atoms with E-state index in [2.05, 4.69) is 72.0 Å². The second kappa shape index (κ2) is 8.60. The van der Waals surface area contributed by atoms with Crippen molar-refractivity contribution in [2.45, 2.75) is 46.6 Å². The fourth-order valence-electron chi connectivity index (χ4n) is 2.39. The van der Waals surface area contributed by atoms with Crippen molar-refractivity contribution in [2.24, 2.45) is 0 Å². The number of nitrogens with one attached hydrogen (secondary N) is 1. The predicted octanol–water partition coefficient (Wildman–Crippen LogP) is 4.75. The van der Waals surface area contributed by atoms with E-state index in [0.29, 0.717) is 6.04 Å². The van der Waals surface area contributed by atoms with Crippen LogP contribution in [0.2, 0.25) is 0 Å². The standard InChI is InChI=1S/C16H27BrN2/c1-5-10-19(11-6-2)14-8-9-15(16(17)12-14)13(4)18-7-3/h8-9,12-13,18H,5-7,10-11H2,1-4H3. The number of hydrogen-bond donors (Lipinski definition) is 1. The fourth-order valence-corrected chi connectivity index (χ4v) is 3.10. The van der Waals surface area contributed by atoms with E-state index < -0.39 is 0 Å². The number of rotatable bonds is 8. The third-order valence-corrected chi connectivity index (χ3v) is 4.00. The van der Waals surface area contributed by atoms with Crippen molar-refractivity contribution < 1.29 is 0 Å². The van der Waals surface area contributed by atoms with Crippen molar-refractivity contribution >= 4 is 21.6 Å². The van der Waals surface area contributed by atoms with E-state index in [1.807, 2.05) is 0 Å². The molecule has 0 amide bonds. The van der Waals surface area contributed by atoms with Crippen LogP contribution in [-0.4, -0.2) is 19.6 Å². The third-order valence-electron chi connectivity index (χ3n) is 3.31. The van der Waals surface area contributed by atoms with Crippen LogP contribution >= 0.6 is 15.9 Å². The summed E-state index contributed by atoms with van der Waals surface area (Å²) < 4.78 is 1.20. The zero-order valence-electron chi connectivity index (χ0n) is 12.7. The zero-order chi connectivity index (χ0) is 14.3. The lowest BCUT2D eigenvalue weighted by Gasteiger charge is -2.25. The van der Waals surface area contributed by atoms with Crippen LogP contribution in [0.3, 0.4) is 0 Å². The summed E-state index contributed by atoms with van der Waals surface area (Å²) in [5.41, 5.74) is 2.65. The number of benzene rings is 1. The van der Waals surface area contributed by atoms with E-state index >= 15 is 0 Å². The lowest BCUT2D eigenvalue weighted by molar-refractivity contribution is 0.596. The first-order valence-corrected chi connectivity index (χ1v) is 8.21. The Morgan fingerprint density at radius 1 is 1.16 bits per heavy atom. The Labute approximate surface area is 126 Å². The molecule has 0 saturated carbocycles. The SMILES string of the molecule is CCCN(CCC)c1ccc(C(C)NCC)c(Br)c1. The molecule has 0 aliphatic rings. The molecular formula is C16H27BrN2. The van der Waals surface area contributed by atoms with E-state index in [-0.39, 0.29) is 0 Å². The average molecular weight is 327 g/mol. The number of nitrogens with zero attached hydrogens (tertiary/aromatic N) is 1. The first-order valence-electron chi connectivity index (χ1n) is 7.41. The van der Waals surface area contributed by atoms with Crippen molar-refractivity contribution in [3.05, 3.63) is 28.2 Å². The first-order chi connectivity index (χ1) is 9.13. The van der Waals surface area contributed by atoms with Gasteiger partial charge in [-0.2, -0.15) is 0 Å². The topological polar surface area (TPSA) is 15.3 Å². The molecule has 1 unspecified atom stereocenters.